The molecule has 0 unspecified atom stereocenters. The molecule has 5 heteroatoms. The van der Waals surface area contributed by atoms with Gasteiger partial charge in [0.1, 0.15) is 0 Å². The van der Waals surface area contributed by atoms with Crippen molar-refractivity contribution in [3.8, 4) is 0 Å². The summed E-state index contributed by atoms with van der Waals surface area (Å²) in [5.74, 6) is 0.649. The maximum absolute atomic E-state index is 5.77. The minimum atomic E-state index is 0.463. The van der Waals surface area contributed by atoms with Gasteiger partial charge in [0.25, 0.3) is 0 Å². The van der Waals surface area contributed by atoms with E-state index in [0.29, 0.717) is 16.3 Å². The first kappa shape index (κ1) is 8.99. The predicted molar refractivity (Wildman–Crippen MR) is 52.8 cm³/mol. The maximum Gasteiger partial charge on any atom is 0.199 e. The molecule has 0 fully saturated rings. The number of rotatable bonds is 2. The van der Waals surface area contributed by atoms with E-state index in [9.17, 15) is 0 Å². The largest absolute Gasteiger partial charge is 0.394 e. The molecule has 12 heavy (non-hydrogen) atoms. The van der Waals surface area contributed by atoms with Crippen molar-refractivity contribution in [2.24, 2.45) is 0 Å². The SMILES string of the molecule is CCc1[nH]c(=S)nc(NC)c1N. The summed E-state index contributed by atoms with van der Waals surface area (Å²) in [5.41, 5.74) is 7.35. The number of aryl methyl sites for hydroxylation is 1. The fourth-order valence-corrected chi connectivity index (χ4v) is 1.21. The number of hydrogen-bond donors (Lipinski definition) is 3. The molecule has 0 aliphatic heterocycles. The van der Waals surface area contributed by atoms with E-state index >= 15 is 0 Å². The quantitative estimate of drug-likeness (QED) is 0.606. The van der Waals surface area contributed by atoms with Crippen LogP contribution in [0.5, 0.6) is 0 Å². The number of aromatic nitrogens is 2. The number of nitrogens with zero attached hydrogens (tertiary/aromatic N) is 1. The highest BCUT2D eigenvalue weighted by atomic mass is 32.1. The van der Waals surface area contributed by atoms with Gasteiger partial charge in [-0.3, -0.25) is 0 Å². The van der Waals surface area contributed by atoms with Crippen LogP contribution in [0.25, 0.3) is 0 Å². The molecule has 0 atom stereocenters. The standard InChI is InChI=1S/C7H12N4S/c1-3-4-5(8)6(9-2)11-7(12)10-4/h3,8H2,1-2H3,(H2,9,10,11,12). The fourth-order valence-electron chi connectivity index (χ4n) is 0.998. The van der Waals surface area contributed by atoms with Gasteiger partial charge in [0.05, 0.1) is 5.69 Å². The minimum Gasteiger partial charge on any atom is -0.394 e. The second-order valence-electron chi connectivity index (χ2n) is 2.39. The molecule has 0 aliphatic rings. The first-order chi connectivity index (χ1) is 5.69. The highest BCUT2D eigenvalue weighted by Crippen LogP contribution is 2.17. The lowest BCUT2D eigenvalue weighted by atomic mass is 10.3. The maximum atomic E-state index is 5.77. The summed E-state index contributed by atoms with van der Waals surface area (Å²) < 4.78 is 0.463. The van der Waals surface area contributed by atoms with Crippen molar-refractivity contribution in [3.05, 3.63) is 10.5 Å². The van der Waals surface area contributed by atoms with Crippen LogP contribution in [0.15, 0.2) is 0 Å². The van der Waals surface area contributed by atoms with Crippen LogP contribution in [0, 0.1) is 4.77 Å². The van der Waals surface area contributed by atoms with Gasteiger partial charge in [-0.1, -0.05) is 6.92 Å². The summed E-state index contributed by atoms with van der Waals surface area (Å²) in [6.07, 6.45) is 0.826. The Morgan fingerprint density at radius 2 is 2.33 bits per heavy atom. The number of nitrogen functional groups attached to an aromatic ring is 1. The lowest BCUT2D eigenvalue weighted by Crippen LogP contribution is -2.05. The predicted octanol–water partition coefficient (Wildman–Crippen LogP) is 1.33. The van der Waals surface area contributed by atoms with Crippen molar-refractivity contribution in [2.75, 3.05) is 18.1 Å². The Hall–Kier alpha value is -1.10. The van der Waals surface area contributed by atoms with Gasteiger partial charge in [0, 0.05) is 12.7 Å². The summed E-state index contributed by atoms with van der Waals surface area (Å²) in [6.45, 7) is 2.01. The van der Waals surface area contributed by atoms with E-state index in [-0.39, 0.29) is 0 Å². The van der Waals surface area contributed by atoms with Crippen LogP contribution >= 0.6 is 12.2 Å². The molecule has 66 valence electrons. The van der Waals surface area contributed by atoms with E-state index in [1.54, 1.807) is 7.05 Å². The fraction of sp³-hybridized carbons (Fsp3) is 0.429. The monoisotopic (exact) mass is 184 g/mol. The molecule has 0 aliphatic carbocycles. The van der Waals surface area contributed by atoms with E-state index < -0.39 is 0 Å². The molecule has 0 bridgehead atoms. The molecular weight excluding hydrogens is 172 g/mol. The van der Waals surface area contributed by atoms with Crippen molar-refractivity contribution in [3.63, 3.8) is 0 Å². The minimum absolute atomic E-state index is 0.463. The van der Waals surface area contributed by atoms with Gasteiger partial charge in [0.15, 0.2) is 10.6 Å². The van der Waals surface area contributed by atoms with E-state index in [0.717, 1.165) is 12.1 Å². The first-order valence-electron chi connectivity index (χ1n) is 3.75. The number of anilines is 2. The normalized spacial score (nSPS) is 9.83. The van der Waals surface area contributed by atoms with Gasteiger partial charge in [-0.15, -0.1) is 0 Å². The zero-order chi connectivity index (χ0) is 9.14. The van der Waals surface area contributed by atoms with Crippen LogP contribution in [0.1, 0.15) is 12.6 Å². The van der Waals surface area contributed by atoms with Gasteiger partial charge in [-0.2, -0.15) is 0 Å². The van der Waals surface area contributed by atoms with Crippen molar-refractivity contribution in [1.29, 1.82) is 0 Å². The highest BCUT2D eigenvalue weighted by molar-refractivity contribution is 7.71. The summed E-state index contributed by atoms with van der Waals surface area (Å²) in [6, 6.07) is 0. The lowest BCUT2D eigenvalue weighted by Gasteiger charge is -2.07. The number of nitrogens with two attached hydrogens (primary N) is 1. The second-order valence-corrected chi connectivity index (χ2v) is 2.77. The zero-order valence-corrected chi connectivity index (χ0v) is 7.96. The van der Waals surface area contributed by atoms with Gasteiger partial charge in [0.2, 0.25) is 0 Å². The topological polar surface area (TPSA) is 66.7 Å². The van der Waals surface area contributed by atoms with Crippen LogP contribution in [0.4, 0.5) is 11.5 Å². The van der Waals surface area contributed by atoms with Gasteiger partial charge in [-0.25, -0.2) is 4.98 Å². The molecular formula is C7H12N4S. The smallest absolute Gasteiger partial charge is 0.199 e. The average Bonchev–Trinajstić information content (AvgIpc) is 2.08. The highest BCUT2D eigenvalue weighted by Gasteiger charge is 2.03. The Balaban J connectivity index is 3.32. The average molecular weight is 184 g/mol. The summed E-state index contributed by atoms with van der Waals surface area (Å²) in [5, 5.41) is 2.89. The van der Waals surface area contributed by atoms with Crippen LogP contribution in [-0.2, 0) is 6.42 Å². The number of hydrogen-bond acceptors (Lipinski definition) is 4. The third kappa shape index (κ3) is 1.55. The Kier molecular flexibility index (Phi) is 2.65. The number of nitrogens with one attached hydrogen (secondary N) is 2. The third-order valence-electron chi connectivity index (χ3n) is 1.64. The van der Waals surface area contributed by atoms with Gasteiger partial charge < -0.3 is 16.0 Å². The molecule has 0 radical (unpaired) electrons. The van der Waals surface area contributed by atoms with Gasteiger partial charge >= 0.3 is 0 Å². The number of aromatic amines is 1. The van der Waals surface area contributed by atoms with E-state index in [1.165, 1.54) is 0 Å². The van der Waals surface area contributed by atoms with E-state index in [4.69, 9.17) is 18.0 Å². The third-order valence-corrected chi connectivity index (χ3v) is 1.84. The van der Waals surface area contributed by atoms with Crippen molar-refractivity contribution in [2.45, 2.75) is 13.3 Å². The van der Waals surface area contributed by atoms with Crippen molar-refractivity contribution in [1.82, 2.24) is 9.97 Å². The van der Waals surface area contributed by atoms with Crippen LogP contribution in [0.3, 0.4) is 0 Å². The summed E-state index contributed by atoms with van der Waals surface area (Å²) in [7, 11) is 1.77. The van der Waals surface area contributed by atoms with E-state index in [1.807, 2.05) is 6.92 Å². The van der Waals surface area contributed by atoms with Crippen LogP contribution in [-0.4, -0.2) is 17.0 Å². The molecule has 4 nitrogen and oxygen atoms in total. The summed E-state index contributed by atoms with van der Waals surface area (Å²) in [4.78, 5) is 6.96. The first-order valence-corrected chi connectivity index (χ1v) is 4.16. The molecule has 1 heterocycles. The Labute approximate surface area is 76.2 Å². The summed E-state index contributed by atoms with van der Waals surface area (Å²) >= 11 is 4.92. The Bertz CT molecular complexity index is 302. The molecule has 1 aromatic rings. The molecule has 1 rings (SSSR count). The molecule has 0 amide bonds. The second kappa shape index (κ2) is 3.53. The molecule has 0 saturated carbocycles. The van der Waals surface area contributed by atoms with Crippen molar-refractivity contribution >= 4 is 23.7 Å². The molecule has 0 saturated heterocycles. The molecule has 0 spiro atoms. The Morgan fingerprint density at radius 3 is 2.83 bits per heavy atom. The van der Waals surface area contributed by atoms with E-state index in [2.05, 4.69) is 15.3 Å². The van der Waals surface area contributed by atoms with Crippen LogP contribution < -0.4 is 11.1 Å². The van der Waals surface area contributed by atoms with Gasteiger partial charge in [-0.05, 0) is 18.6 Å². The molecule has 4 N–H and O–H groups in total. The Morgan fingerprint density at radius 1 is 1.67 bits per heavy atom. The zero-order valence-electron chi connectivity index (χ0n) is 7.14. The van der Waals surface area contributed by atoms with Crippen LogP contribution in [0.2, 0.25) is 0 Å². The number of H-pyrrole nitrogens is 1. The molecule has 1 aromatic heterocycles. The molecule has 0 aromatic carbocycles. The van der Waals surface area contributed by atoms with Crippen molar-refractivity contribution < 1.29 is 0 Å². The lowest BCUT2D eigenvalue weighted by molar-refractivity contribution is 0.991.